The number of hydrogen-bond donors (Lipinski definition) is 2. The van der Waals surface area contributed by atoms with Gasteiger partial charge in [0.15, 0.2) is 0 Å². The second-order valence-electron chi connectivity index (χ2n) is 5.09. The zero-order valence-electron chi connectivity index (χ0n) is 10.6. The van der Waals surface area contributed by atoms with Crippen molar-refractivity contribution < 1.29 is 8.42 Å². The summed E-state index contributed by atoms with van der Waals surface area (Å²) in [6.45, 7) is 6.15. The van der Waals surface area contributed by atoms with Gasteiger partial charge in [-0.2, -0.15) is 0 Å². The van der Waals surface area contributed by atoms with Gasteiger partial charge in [-0.15, -0.1) is 0 Å². The van der Waals surface area contributed by atoms with E-state index in [4.69, 9.17) is 10.9 Å². The van der Waals surface area contributed by atoms with Crippen LogP contribution in [0.25, 0.3) is 0 Å². The highest BCUT2D eigenvalue weighted by molar-refractivity contribution is 7.89. The average Bonchev–Trinajstić information content (AvgIpc) is 2.57. The molecule has 2 unspecified atom stereocenters. The van der Waals surface area contributed by atoms with E-state index < -0.39 is 10.0 Å². The first-order chi connectivity index (χ1) is 8.30. The molecule has 1 saturated heterocycles. The molecule has 0 radical (unpaired) electrons. The molecule has 2 atom stereocenters. The summed E-state index contributed by atoms with van der Waals surface area (Å²) in [7, 11) is -3.76. The van der Waals surface area contributed by atoms with Crippen molar-refractivity contribution in [2.75, 3.05) is 23.7 Å². The van der Waals surface area contributed by atoms with Gasteiger partial charge in [0.25, 0.3) is 0 Å². The molecular formula is C12H19N3O2S. The molecule has 100 valence electrons. The highest BCUT2D eigenvalue weighted by Gasteiger charge is 2.28. The Kier molecular flexibility index (Phi) is 3.25. The number of hydrogen-bond acceptors (Lipinski definition) is 4. The number of rotatable bonds is 2. The SMILES string of the molecule is CC1CN(c2cccc(S(N)(=O)=O)c2N)CC1C. The summed E-state index contributed by atoms with van der Waals surface area (Å²) in [5.41, 5.74) is 6.95. The first-order valence-corrected chi connectivity index (χ1v) is 7.51. The van der Waals surface area contributed by atoms with Gasteiger partial charge in [-0.3, -0.25) is 0 Å². The number of nitrogen functional groups attached to an aromatic ring is 1. The van der Waals surface area contributed by atoms with Crippen LogP contribution in [0, 0.1) is 11.8 Å². The molecule has 1 aliphatic rings. The van der Waals surface area contributed by atoms with Gasteiger partial charge in [0.1, 0.15) is 4.90 Å². The highest BCUT2D eigenvalue weighted by Crippen LogP contribution is 2.34. The predicted molar refractivity (Wildman–Crippen MR) is 72.8 cm³/mol. The van der Waals surface area contributed by atoms with Crippen LogP contribution < -0.4 is 15.8 Å². The third-order valence-corrected chi connectivity index (χ3v) is 4.65. The Labute approximate surface area is 108 Å². The average molecular weight is 269 g/mol. The molecule has 6 heteroatoms. The van der Waals surface area contributed by atoms with Crippen LogP contribution in [0.5, 0.6) is 0 Å². The molecule has 0 spiro atoms. The van der Waals surface area contributed by atoms with Gasteiger partial charge in [-0.05, 0) is 24.0 Å². The topological polar surface area (TPSA) is 89.4 Å². The maximum atomic E-state index is 11.4. The molecular weight excluding hydrogens is 250 g/mol. The summed E-state index contributed by atoms with van der Waals surface area (Å²) >= 11 is 0. The first-order valence-electron chi connectivity index (χ1n) is 5.97. The molecule has 0 saturated carbocycles. The van der Waals surface area contributed by atoms with Crippen LogP contribution in [-0.2, 0) is 10.0 Å². The third kappa shape index (κ3) is 2.30. The minimum Gasteiger partial charge on any atom is -0.396 e. The third-order valence-electron chi connectivity index (χ3n) is 3.68. The molecule has 2 rings (SSSR count). The molecule has 0 aromatic heterocycles. The second-order valence-corrected chi connectivity index (χ2v) is 6.62. The number of para-hydroxylation sites is 1. The van der Waals surface area contributed by atoms with Crippen molar-refractivity contribution in [2.24, 2.45) is 17.0 Å². The van der Waals surface area contributed by atoms with Crippen molar-refractivity contribution >= 4 is 21.4 Å². The van der Waals surface area contributed by atoms with Gasteiger partial charge in [0.2, 0.25) is 10.0 Å². The van der Waals surface area contributed by atoms with Gasteiger partial charge in [0, 0.05) is 13.1 Å². The molecule has 4 N–H and O–H groups in total. The van der Waals surface area contributed by atoms with Gasteiger partial charge in [-0.1, -0.05) is 19.9 Å². The standard InChI is InChI=1S/C12H19N3O2S/c1-8-6-15(7-9(8)2)10-4-3-5-11(12(10)13)18(14,16)17/h3-5,8-9H,6-7,13H2,1-2H3,(H2,14,16,17). The van der Waals surface area contributed by atoms with Crippen LogP contribution in [0.4, 0.5) is 11.4 Å². The molecule has 1 fully saturated rings. The number of nitrogens with two attached hydrogens (primary N) is 2. The highest BCUT2D eigenvalue weighted by atomic mass is 32.2. The van der Waals surface area contributed by atoms with Gasteiger partial charge < -0.3 is 10.6 Å². The van der Waals surface area contributed by atoms with Crippen molar-refractivity contribution in [1.82, 2.24) is 0 Å². The summed E-state index contributed by atoms with van der Waals surface area (Å²) in [6.07, 6.45) is 0. The normalized spacial score (nSPS) is 24.5. The van der Waals surface area contributed by atoms with Crippen molar-refractivity contribution in [3.8, 4) is 0 Å². The van der Waals surface area contributed by atoms with Crippen molar-refractivity contribution in [1.29, 1.82) is 0 Å². The number of benzene rings is 1. The van der Waals surface area contributed by atoms with E-state index in [1.807, 2.05) is 6.07 Å². The maximum absolute atomic E-state index is 11.4. The Morgan fingerprint density at radius 3 is 2.28 bits per heavy atom. The molecule has 1 aromatic carbocycles. The molecule has 1 aliphatic heterocycles. The van der Waals surface area contributed by atoms with E-state index in [0.29, 0.717) is 11.8 Å². The zero-order valence-corrected chi connectivity index (χ0v) is 11.4. The van der Waals surface area contributed by atoms with Crippen LogP contribution >= 0.6 is 0 Å². The van der Waals surface area contributed by atoms with Crippen LogP contribution in [0.3, 0.4) is 0 Å². The fourth-order valence-corrected chi connectivity index (χ4v) is 3.06. The van der Waals surface area contributed by atoms with E-state index in [2.05, 4.69) is 18.7 Å². The summed E-state index contributed by atoms with van der Waals surface area (Å²) in [6, 6.07) is 4.96. The van der Waals surface area contributed by atoms with E-state index >= 15 is 0 Å². The molecule has 1 aromatic rings. The smallest absolute Gasteiger partial charge is 0.240 e. The molecule has 0 aliphatic carbocycles. The van der Waals surface area contributed by atoms with Gasteiger partial charge in [0.05, 0.1) is 11.4 Å². The Bertz CT molecular complexity index is 546. The summed E-state index contributed by atoms with van der Waals surface area (Å²) in [5, 5.41) is 5.15. The lowest BCUT2D eigenvalue weighted by molar-refractivity contribution is 0.494. The lowest BCUT2D eigenvalue weighted by Crippen LogP contribution is -2.22. The van der Waals surface area contributed by atoms with E-state index in [0.717, 1.165) is 18.8 Å². The van der Waals surface area contributed by atoms with Crippen molar-refractivity contribution in [2.45, 2.75) is 18.7 Å². The summed E-state index contributed by atoms with van der Waals surface area (Å²) in [5.74, 6) is 1.14. The van der Waals surface area contributed by atoms with E-state index in [1.54, 1.807) is 6.07 Å². The molecule has 1 heterocycles. The molecule has 0 amide bonds. The Balaban J connectivity index is 2.42. The molecule has 5 nitrogen and oxygen atoms in total. The predicted octanol–water partition coefficient (Wildman–Crippen LogP) is 1.01. The Hall–Kier alpha value is -1.27. The lowest BCUT2D eigenvalue weighted by atomic mass is 10.0. The lowest BCUT2D eigenvalue weighted by Gasteiger charge is -2.21. The monoisotopic (exact) mass is 269 g/mol. The summed E-state index contributed by atoms with van der Waals surface area (Å²) < 4.78 is 22.9. The molecule has 18 heavy (non-hydrogen) atoms. The van der Waals surface area contributed by atoms with Gasteiger partial charge in [-0.25, -0.2) is 13.6 Å². The van der Waals surface area contributed by atoms with Crippen molar-refractivity contribution in [3.63, 3.8) is 0 Å². The minimum absolute atomic E-state index is 0.00667. The first kappa shape index (κ1) is 13.2. The minimum atomic E-state index is -3.76. The number of nitrogens with zero attached hydrogens (tertiary/aromatic N) is 1. The number of primary sulfonamides is 1. The largest absolute Gasteiger partial charge is 0.396 e. The van der Waals surface area contributed by atoms with Crippen LogP contribution in [0.15, 0.2) is 23.1 Å². The number of sulfonamides is 1. The number of anilines is 2. The van der Waals surface area contributed by atoms with Crippen LogP contribution in [0.2, 0.25) is 0 Å². The fraction of sp³-hybridized carbons (Fsp3) is 0.500. The van der Waals surface area contributed by atoms with E-state index in [1.165, 1.54) is 6.07 Å². The maximum Gasteiger partial charge on any atom is 0.240 e. The molecule has 0 bridgehead atoms. The fourth-order valence-electron chi connectivity index (χ4n) is 2.38. The van der Waals surface area contributed by atoms with Crippen LogP contribution in [0.1, 0.15) is 13.8 Å². The van der Waals surface area contributed by atoms with Crippen molar-refractivity contribution in [3.05, 3.63) is 18.2 Å². The summed E-state index contributed by atoms with van der Waals surface area (Å²) in [4.78, 5) is 2.13. The van der Waals surface area contributed by atoms with Crippen LogP contribution in [-0.4, -0.2) is 21.5 Å². The zero-order chi connectivity index (χ0) is 13.5. The Morgan fingerprint density at radius 2 is 1.78 bits per heavy atom. The van der Waals surface area contributed by atoms with E-state index in [9.17, 15) is 8.42 Å². The van der Waals surface area contributed by atoms with Gasteiger partial charge >= 0.3 is 0 Å². The second kappa shape index (κ2) is 4.44. The quantitative estimate of drug-likeness (QED) is 0.784. The van der Waals surface area contributed by atoms with E-state index in [-0.39, 0.29) is 10.6 Å². The Morgan fingerprint density at radius 1 is 1.22 bits per heavy atom.